The van der Waals surface area contributed by atoms with Gasteiger partial charge in [-0.15, -0.1) is 0 Å². The third-order valence-corrected chi connectivity index (χ3v) is 1.86. The summed E-state index contributed by atoms with van der Waals surface area (Å²) in [5.74, 6) is 1.20. The fourth-order valence-electron chi connectivity index (χ4n) is 1.16. The topological polar surface area (TPSA) is 60.2 Å². The van der Waals surface area contributed by atoms with E-state index < -0.39 is 0 Å². The first-order valence-corrected chi connectivity index (χ1v) is 5.62. The second kappa shape index (κ2) is 5.08. The van der Waals surface area contributed by atoms with Gasteiger partial charge in [0.25, 0.3) is 0 Å². The summed E-state index contributed by atoms with van der Waals surface area (Å²) in [6.45, 7) is 12.3. The molecule has 0 bridgehead atoms. The van der Waals surface area contributed by atoms with Gasteiger partial charge in [-0.3, -0.25) is 0 Å². The largest absolute Gasteiger partial charge is 0.470 e. The quantitative estimate of drug-likeness (QED) is 0.788. The van der Waals surface area contributed by atoms with E-state index in [1.54, 1.807) is 6.07 Å². The first kappa shape index (κ1) is 13.4. The Labute approximate surface area is 103 Å². The zero-order chi connectivity index (χ0) is 13.1. The summed E-state index contributed by atoms with van der Waals surface area (Å²) in [5.41, 5.74) is 7.09. The van der Waals surface area contributed by atoms with Crippen LogP contribution in [-0.4, -0.2) is 17.1 Å². The minimum atomic E-state index is -0.311. The van der Waals surface area contributed by atoms with Gasteiger partial charge in [0.2, 0.25) is 5.88 Å². The summed E-state index contributed by atoms with van der Waals surface area (Å²) < 4.78 is 5.68. The smallest absolute Gasteiger partial charge is 0.239 e. The summed E-state index contributed by atoms with van der Waals surface area (Å²) in [6.07, 6.45) is 0. The van der Waals surface area contributed by atoms with E-state index in [2.05, 4.69) is 16.9 Å². The molecule has 0 atom stereocenters. The minimum Gasteiger partial charge on any atom is -0.470 e. The highest BCUT2D eigenvalue weighted by Gasteiger charge is 2.15. The van der Waals surface area contributed by atoms with Crippen LogP contribution in [0.1, 0.15) is 27.7 Å². The summed E-state index contributed by atoms with van der Waals surface area (Å²) >= 11 is 0. The van der Waals surface area contributed by atoms with Gasteiger partial charge in [0.05, 0.1) is 5.69 Å². The molecule has 94 valence electrons. The summed E-state index contributed by atoms with van der Waals surface area (Å²) in [4.78, 5) is 4.33. The molecule has 0 saturated carbocycles. The van der Waals surface area contributed by atoms with E-state index in [9.17, 15) is 0 Å². The lowest BCUT2D eigenvalue weighted by Gasteiger charge is -2.21. The number of nitrogens with two attached hydrogens (primary N) is 1. The Bertz CT molecular complexity index is 408. The molecule has 4 nitrogen and oxygen atoms in total. The Morgan fingerprint density at radius 3 is 2.65 bits per heavy atom. The van der Waals surface area contributed by atoms with E-state index in [0.29, 0.717) is 18.1 Å². The number of pyridine rings is 1. The van der Waals surface area contributed by atoms with Gasteiger partial charge in [0.15, 0.2) is 0 Å². The van der Waals surface area contributed by atoms with Crippen molar-refractivity contribution in [2.45, 2.75) is 33.3 Å². The molecule has 17 heavy (non-hydrogen) atoms. The number of aromatic nitrogens is 1. The van der Waals surface area contributed by atoms with Crippen molar-refractivity contribution in [2.24, 2.45) is 0 Å². The first-order chi connectivity index (χ1) is 7.78. The van der Waals surface area contributed by atoms with Crippen LogP contribution in [0.3, 0.4) is 0 Å². The van der Waals surface area contributed by atoms with Crippen molar-refractivity contribution in [1.82, 2.24) is 4.98 Å². The molecule has 0 aliphatic rings. The molecule has 0 aliphatic carbocycles. The van der Waals surface area contributed by atoms with E-state index in [4.69, 9.17) is 10.5 Å². The van der Waals surface area contributed by atoms with Crippen molar-refractivity contribution in [3.05, 3.63) is 24.3 Å². The lowest BCUT2D eigenvalue weighted by atomic mass is 10.2. The van der Waals surface area contributed by atoms with Gasteiger partial charge in [-0.1, -0.05) is 12.2 Å². The van der Waals surface area contributed by atoms with E-state index in [-0.39, 0.29) is 5.60 Å². The van der Waals surface area contributed by atoms with Crippen molar-refractivity contribution in [3.8, 4) is 5.88 Å². The van der Waals surface area contributed by atoms with Gasteiger partial charge < -0.3 is 15.8 Å². The number of rotatable bonds is 4. The van der Waals surface area contributed by atoms with Gasteiger partial charge >= 0.3 is 0 Å². The summed E-state index contributed by atoms with van der Waals surface area (Å²) in [5, 5.41) is 3.15. The van der Waals surface area contributed by atoms with Crippen molar-refractivity contribution in [2.75, 3.05) is 17.6 Å². The van der Waals surface area contributed by atoms with Crippen LogP contribution in [0, 0.1) is 0 Å². The van der Waals surface area contributed by atoms with Crippen LogP contribution in [0.25, 0.3) is 0 Å². The third kappa shape index (κ3) is 4.76. The Hall–Kier alpha value is -1.71. The summed E-state index contributed by atoms with van der Waals surface area (Å²) in [7, 11) is 0. The van der Waals surface area contributed by atoms with Gasteiger partial charge in [-0.05, 0) is 39.8 Å². The van der Waals surface area contributed by atoms with Crippen molar-refractivity contribution in [1.29, 1.82) is 0 Å². The first-order valence-electron chi connectivity index (χ1n) is 5.62. The van der Waals surface area contributed by atoms with Crippen LogP contribution < -0.4 is 15.8 Å². The van der Waals surface area contributed by atoms with Crippen LogP contribution in [0.2, 0.25) is 0 Å². The predicted octanol–water partition coefficient (Wildman–Crippen LogP) is 2.83. The van der Waals surface area contributed by atoms with Gasteiger partial charge in [0.1, 0.15) is 11.4 Å². The predicted molar refractivity (Wildman–Crippen MR) is 72.3 cm³/mol. The van der Waals surface area contributed by atoms with Crippen LogP contribution >= 0.6 is 0 Å². The highest BCUT2D eigenvalue weighted by Crippen LogP contribution is 2.24. The fourth-order valence-corrected chi connectivity index (χ4v) is 1.16. The number of nitrogens with zero attached hydrogens (tertiary/aromatic N) is 1. The minimum absolute atomic E-state index is 0.311. The molecule has 0 aliphatic heterocycles. The van der Waals surface area contributed by atoms with Crippen LogP contribution in [0.4, 0.5) is 11.5 Å². The Balaban J connectivity index is 2.83. The average molecular weight is 235 g/mol. The van der Waals surface area contributed by atoms with Gasteiger partial charge in [-0.25, -0.2) is 0 Å². The molecule has 0 spiro atoms. The Kier molecular flexibility index (Phi) is 3.99. The maximum absolute atomic E-state index is 5.82. The number of nitrogens with one attached hydrogen (secondary N) is 1. The number of nitrogen functional groups attached to an aromatic ring is 1. The molecule has 0 amide bonds. The Morgan fingerprint density at radius 1 is 1.47 bits per heavy atom. The van der Waals surface area contributed by atoms with Crippen LogP contribution in [0.15, 0.2) is 24.3 Å². The molecule has 0 fully saturated rings. The molecule has 0 radical (unpaired) electrons. The third-order valence-electron chi connectivity index (χ3n) is 1.86. The normalized spacial score (nSPS) is 11.1. The standard InChI is InChI=1S/C13H21N3O/c1-9(2)8-15-11-7-6-10(14)12(16-11)17-13(3,4)5/h6-7H,1,8,14H2,2-5H3,(H,15,16). The second-order valence-corrected chi connectivity index (χ2v) is 5.12. The van der Waals surface area contributed by atoms with Gasteiger partial charge in [-0.2, -0.15) is 4.98 Å². The van der Waals surface area contributed by atoms with Crippen molar-refractivity contribution >= 4 is 11.5 Å². The highest BCUT2D eigenvalue weighted by molar-refractivity contribution is 5.54. The zero-order valence-corrected chi connectivity index (χ0v) is 11.0. The monoisotopic (exact) mass is 235 g/mol. The van der Waals surface area contributed by atoms with Gasteiger partial charge in [0, 0.05) is 6.54 Å². The van der Waals surface area contributed by atoms with Crippen LogP contribution in [-0.2, 0) is 0 Å². The highest BCUT2D eigenvalue weighted by atomic mass is 16.5. The number of hydrogen-bond acceptors (Lipinski definition) is 4. The average Bonchev–Trinajstić information content (AvgIpc) is 2.17. The zero-order valence-electron chi connectivity index (χ0n) is 11.0. The molecule has 4 heteroatoms. The molecule has 0 aromatic carbocycles. The number of hydrogen-bond donors (Lipinski definition) is 2. The van der Waals surface area contributed by atoms with E-state index in [1.807, 2.05) is 33.8 Å². The molecule has 0 unspecified atom stereocenters. The maximum atomic E-state index is 5.82. The fraction of sp³-hybridized carbons (Fsp3) is 0.462. The molecular formula is C13H21N3O. The Morgan fingerprint density at radius 2 is 2.12 bits per heavy atom. The number of anilines is 2. The molecule has 0 saturated heterocycles. The lowest BCUT2D eigenvalue weighted by molar-refractivity contribution is 0.125. The second-order valence-electron chi connectivity index (χ2n) is 5.12. The van der Waals surface area contributed by atoms with E-state index >= 15 is 0 Å². The molecular weight excluding hydrogens is 214 g/mol. The van der Waals surface area contributed by atoms with E-state index in [1.165, 1.54) is 0 Å². The van der Waals surface area contributed by atoms with Crippen molar-refractivity contribution < 1.29 is 4.74 Å². The van der Waals surface area contributed by atoms with E-state index in [0.717, 1.165) is 11.4 Å². The van der Waals surface area contributed by atoms with Crippen LogP contribution in [0.5, 0.6) is 5.88 Å². The summed E-state index contributed by atoms with van der Waals surface area (Å²) in [6, 6.07) is 3.61. The molecule has 1 rings (SSSR count). The lowest BCUT2D eigenvalue weighted by Crippen LogP contribution is -2.24. The molecule has 1 aromatic rings. The number of ether oxygens (including phenoxy) is 1. The molecule has 3 N–H and O–H groups in total. The molecule has 1 heterocycles. The molecule has 1 aromatic heterocycles. The SMILES string of the molecule is C=C(C)CNc1ccc(N)c(OC(C)(C)C)n1. The maximum Gasteiger partial charge on any atom is 0.239 e. The van der Waals surface area contributed by atoms with Crippen molar-refractivity contribution in [3.63, 3.8) is 0 Å².